The summed E-state index contributed by atoms with van der Waals surface area (Å²) in [7, 11) is -10.7. The SMILES string of the molecule is O=C(O)C(c1cc(OC(F)(F)F)ccc1S(=O)(=O)N(CC(=O)N1CCCC1c1ccc(F)cc1)c1ccc(Cl)cc1)N(c1ccc(Cl)cc1)S(=O)(=O)c1ccc(OC(F)(F)F)cc1. The van der Waals surface area contributed by atoms with E-state index >= 15 is 8.42 Å². The minimum atomic E-state index is -5.45. The monoisotopic (exact) mass is 963 g/mol. The Morgan fingerprint density at radius 1 is 0.730 bits per heavy atom. The van der Waals surface area contributed by atoms with Gasteiger partial charge in [0.2, 0.25) is 5.91 Å². The van der Waals surface area contributed by atoms with Crippen molar-refractivity contribution < 1.29 is 71.7 Å². The Balaban J connectivity index is 1.55. The number of amides is 1. The molecule has 12 nitrogen and oxygen atoms in total. The molecule has 1 heterocycles. The summed E-state index contributed by atoms with van der Waals surface area (Å²) in [4.78, 5) is 27.0. The second-order valence-corrected chi connectivity index (χ2v) is 18.1. The number of carboxylic acid groups (broad SMARTS) is 1. The molecular weight excluding hydrogens is 934 g/mol. The normalized spacial score (nSPS) is 15.1. The lowest BCUT2D eigenvalue weighted by molar-refractivity contribution is -0.275. The Bertz CT molecular complexity index is 2690. The highest BCUT2D eigenvalue weighted by molar-refractivity contribution is 7.93. The molecular formula is C40H30Cl2F7N3O9S2. The van der Waals surface area contributed by atoms with Crippen LogP contribution in [0.3, 0.4) is 0 Å². The Kier molecular flexibility index (Phi) is 13.5. The molecule has 0 aliphatic carbocycles. The van der Waals surface area contributed by atoms with Crippen LogP contribution >= 0.6 is 23.2 Å². The number of ether oxygens (including phenoxy) is 2. The fourth-order valence-corrected chi connectivity index (χ4v) is 10.3. The zero-order valence-electron chi connectivity index (χ0n) is 31.7. The molecule has 1 N–H and O–H groups in total. The minimum absolute atomic E-state index is 0.0107. The maximum absolute atomic E-state index is 15.1. The lowest BCUT2D eigenvalue weighted by Gasteiger charge is -2.33. The van der Waals surface area contributed by atoms with Crippen molar-refractivity contribution in [2.75, 3.05) is 21.7 Å². The van der Waals surface area contributed by atoms with Crippen LogP contribution in [0.1, 0.15) is 36.1 Å². The van der Waals surface area contributed by atoms with Crippen LogP contribution in [0.2, 0.25) is 10.0 Å². The van der Waals surface area contributed by atoms with Crippen molar-refractivity contribution in [3.05, 3.63) is 142 Å². The number of halogens is 9. The fraction of sp³-hybridized carbons (Fsp3) is 0.200. The van der Waals surface area contributed by atoms with E-state index in [4.69, 9.17) is 23.2 Å². The van der Waals surface area contributed by atoms with Gasteiger partial charge in [-0.3, -0.25) is 9.10 Å². The van der Waals surface area contributed by atoms with Crippen LogP contribution in [-0.4, -0.2) is 64.5 Å². The molecule has 2 unspecified atom stereocenters. The highest BCUT2D eigenvalue weighted by atomic mass is 35.5. The van der Waals surface area contributed by atoms with Gasteiger partial charge in [0.15, 0.2) is 6.04 Å². The van der Waals surface area contributed by atoms with Crippen molar-refractivity contribution in [2.45, 2.75) is 47.4 Å². The number of rotatable bonds is 14. The first-order chi connectivity index (χ1) is 29.4. The molecule has 334 valence electrons. The molecule has 5 aromatic carbocycles. The van der Waals surface area contributed by atoms with E-state index in [-0.39, 0.29) is 26.6 Å². The summed E-state index contributed by atoms with van der Waals surface area (Å²) < 4.78 is 162. The van der Waals surface area contributed by atoms with Crippen LogP contribution in [-0.2, 0) is 29.6 Å². The first-order valence-corrected chi connectivity index (χ1v) is 21.7. The summed E-state index contributed by atoms with van der Waals surface area (Å²) in [5.74, 6) is -5.60. The van der Waals surface area contributed by atoms with Gasteiger partial charge in [0.1, 0.15) is 23.9 Å². The van der Waals surface area contributed by atoms with Gasteiger partial charge >= 0.3 is 18.7 Å². The number of hydrogen-bond donors (Lipinski definition) is 1. The van der Waals surface area contributed by atoms with Crippen LogP contribution in [0.25, 0.3) is 0 Å². The standard InChI is InChI=1S/C40H30Cl2F7N3O9S2/c41-25-5-11-28(12-6-25)51(23-36(53)50-21-1-2-34(50)24-3-9-27(43)10-4-24)63(58,59)35-20-17-31(61-40(47,48)49)22-33(35)37(38(54)55)52(29-13-7-26(42)8-14-29)62(56,57)32-18-15-30(16-19-32)60-39(44,45)46/h3-20,22,34,37H,1-2,21,23H2,(H,54,55). The first-order valence-electron chi connectivity index (χ1n) is 18.1. The van der Waals surface area contributed by atoms with Crippen molar-refractivity contribution in [1.29, 1.82) is 0 Å². The third-order valence-electron chi connectivity index (χ3n) is 9.46. The van der Waals surface area contributed by atoms with Crippen molar-refractivity contribution in [1.82, 2.24) is 4.90 Å². The second-order valence-electron chi connectivity index (χ2n) is 13.6. The number of alkyl halides is 6. The Labute approximate surface area is 364 Å². The summed E-state index contributed by atoms with van der Waals surface area (Å²) in [6.45, 7) is -0.881. The number of carbonyl (C=O) groups excluding carboxylic acids is 1. The van der Waals surface area contributed by atoms with Crippen LogP contribution in [0.4, 0.5) is 42.1 Å². The molecule has 0 spiro atoms. The van der Waals surface area contributed by atoms with Crippen molar-refractivity contribution in [3.8, 4) is 11.5 Å². The maximum Gasteiger partial charge on any atom is 0.573 e. The minimum Gasteiger partial charge on any atom is -0.479 e. The first kappa shape index (κ1) is 46.7. The van der Waals surface area contributed by atoms with E-state index in [0.29, 0.717) is 65.2 Å². The number of carbonyl (C=O) groups is 2. The molecule has 0 aromatic heterocycles. The third kappa shape index (κ3) is 10.9. The van der Waals surface area contributed by atoms with E-state index in [1.165, 1.54) is 53.4 Å². The molecule has 1 aliphatic rings. The van der Waals surface area contributed by atoms with E-state index in [0.717, 1.165) is 24.3 Å². The zero-order valence-corrected chi connectivity index (χ0v) is 34.9. The molecule has 1 amide bonds. The van der Waals surface area contributed by atoms with Crippen LogP contribution in [0.15, 0.2) is 125 Å². The fourth-order valence-electron chi connectivity index (χ4n) is 6.82. The smallest absolute Gasteiger partial charge is 0.479 e. The van der Waals surface area contributed by atoms with Crippen LogP contribution in [0.5, 0.6) is 11.5 Å². The molecule has 63 heavy (non-hydrogen) atoms. The molecule has 1 fully saturated rings. The predicted molar refractivity (Wildman–Crippen MR) is 214 cm³/mol. The molecule has 5 aromatic rings. The summed E-state index contributed by atoms with van der Waals surface area (Å²) in [5, 5.41) is 11.0. The summed E-state index contributed by atoms with van der Waals surface area (Å²) in [6, 6.07) is 14.6. The number of carboxylic acids is 1. The highest BCUT2D eigenvalue weighted by Gasteiger charge is 2.44. The topological polar surface area (TPSA) is 151 Å². The van der Waals surface area contributed by atoms with E-state index in [1.54, 1.807) is 0 Å². The second kappa shape index (κ2) is 18.1. The van der Waals surface area contributed by atoms with Crippen molar-refractivity contribution >= 4 is 66.5 Å². The largest absolute Gasteiger partial charge is 0.573 e. The van der Waals surface area contributed by atoms with Crippen molar-refractivity contribution in [3.63, 3.8) is 0 Å². The molecule has 6 rings (SSSR count). The van der Waals surface area contributed by atoms with Gasteiger partial charge in [-0.25, -0.2) is 30.3 Å². The van der Waals surface area contributed by atoms with Crippen LogP contribution < -0.4 is 18.1 Å². The van der Waals surface area contributed by atoms with Gasteiger partial charge in [0, 0.05) is 22.2 Å². The zero-order chi connectivity index (χ0) is 46.1. The highest BCUT2D eigenvalue weighted by Crippen LogP contribution is 2.41. The quantitative estimate of drug-likeness (QED) is 0.107. The molecule has 1 aliphatic heterocycles. The number of nitrogens with zero attached hydrogens (tertiary/aromatic N) is 3. The number of likely N-dealkylation sites (tertiary alicyclic amines) is 1. The molecule has 0 bridgehead atoms. The number of hydrogen-bond acceptors (Lipinski definition) is 8. The van der Waals surface area contributed by atoms with Crippen LogP contribution in [0, 0.1) is 5.82 Å². The predicted octanol–water partition coefficient (Wildman–Crippen LogP) is 9.51. The maximum atomic E-state index is 15.1. The van der Waals surface area contributed by atoms with Gasteiger partial charge in [-0.05, 0) is 122 Å². The lowest BCUT2D eigenvalue weighted by atomic mass is 10.0. The van der Waals surface area contributed by atoms with Gasteiger partial charge in [0.05, 0.1) is 27.2 Å². The molecule has 23 heteroatoms. The summed E-state index contributed by atoms with van der Waals surface area (Å²) in [5.41, 5.74) is -1.42. The number of aliphatic carboxylic acids is 1. The Morgan fingerprint density at radius 3 is 1.79 bits per heavy atom. The molecule has 2 atom stereocenters. The average molecular weight is 965 g/mol. The molecule has 1 saturated heterocycles. The number of sulfonamides is 2. The van der Waals surface area contributed by atoms with E-state index < -0.39 is 102 Å². The van der Waals surface area contributed by atoms with E-state index in [1.807, 2.05) is 0 Å². The summed E-state index contributed by atoms with van der Waals surface area (Å²) >= 11 is 12.1. The third-order valence-corrected chi connectivity index (χ3v) is 13.6. The van der Waals surface area contributed by atoms with Crippen molar-refractivity contribution in [2.24, 2.45) is 0 Å². The van der Waals surface area contributed by atoms with Gasteiger partial charge in [-0.1, -0.05) is 35.3 Å². The molecule has 0 saturated carbocycles. The lowest BCUT2D eigenvalue weighted by Crippen LogP contribution is -2.44. The van der Waals surface area contributed by atoms with Gasteiger partial charge in [0.25, 0.3) is 20.0 Å². The van der Waals surface area contributed by atoms with E-state index in [9.17, 15) is 53.8 Å². The van der Waals surface area contributed by atoms with Gasteiger partial charge in [-0.15, -0.1) is 26.3 Å². The summed E-state index contributed by atoms with van der Waals surface area (Å²) in [6.07, 6.45) is -9.78. The Hall–Kier alpha value is -5.77. The Morgan fingerprint density at radius 2 is 1.25 bits per heavy atom. The number of anilines is 2. The molecule has 0 radical (unpaired) electrons. The van der Waals surface area contributed by atoms with E-state index in [2.05, 4.69) is 9.47 Å². The van der Waals surface area contributed by atoms with Gasteiger partial charge < -0.3 is 19.5 Å². The average Bonchev–Trinajstić information content (AvgIpc) is 3.69. The number of benzene rings is 5. The van der Waals surface area contributed by atoms with Gasteiger partial charge in [-0.2, -0.15) is 0 Å².